The van der Waals surface area contributed by atoms with Crippen molar-refractivity contribution in [2.45, 2.75) is 37.5 Å². The van der Waals surface area contributed by atoms with Gasteiger partial charge in [-0.3, -0.25) is 19.1 Å². The maximum atomic E-state index is 12.6. The lowest BCUT2D eigenvalue weighted by Crippen LogP contribution is -2.42. The topological polar surface area (TPSA) is 130 Å². The number of carbonyl (C=O) groups excluding carboxylic acids is 2. The van der Waals surface area contributed by atoms with E-state index in [0.29, 0.717) is 10.6 Å². The van der Waals surface area contributed by atoms with Crippen molar-refractivity contribution in [1.29, 1.82) is 0 Å². The maximum Gasteiger partial charge on any atom is 0.303 e. The Kier molecular flexibility index (Phi) is 9.82. The Balaban J connectivity index is 1.69. The van der Waals surface area contributed by atoms with E-state index < -0.39 is 33.8 Å². The Hall–Kier alpha value is -3.69. The molecule has 3 aromatic rings. The number of amides is 2. The number of hydrogen-bond donors (Lipinski definition) is 3. The van der Waals surface area contributed by atoms with E-state index in [1.54, 1.807) is 36.4 Å². The zero-order valence-electron chi connectivity index (χ0n) is 19.9. The second kappa shape index (κ2) is 13.0. The van der Waals surface area contributed by atoms with E-state index in [0.717, 1.165) is 16.7 Å². The maximum absolute atomic E-state index is 12.6. The van der Waals surface area contributed by atoms with Crippen molar-refractivity contribution in [3.63, 3.8) is 0 Å². The van der Waals surface area contributed by atoms with E-state index in [1.165, 1.54) is 0 Å². The molecular formula is C27H27ClN2O6S. The molecule has 0 spiro atoms. The largest absolute Gasteiger partial charge is 0.481 e. The number of benzene rings is 3. The van der Waals surface area contributed by atoms with Crippen molar-refractivity contribution >= 4 is 39.4 Å². The summed E-state index contributed by atoms with van der Waals surface area (Å²) in [6, 6.07) is 22.5. The fourth-order valence-corrected chi connectivity index (χ4v) is 5.07. The van der Waals surface area contributed by atoms with Crippen LogP contribution in [0.1, 0.15) is 30.4 Å². The second-order valence-corrected chi connectivity index (χ2v) is 10.7. The third-order valence-electron chi connectivity index (χ3n) is 5.43. The summed E-state index contributed by atoms with van der Waals surface area (Å²) in [6.07, 6.45) is -0.679. The Bertz CT molecular complexity index is 1340. The predicted octanol–water partition coefficient (Wildman–Crippen LogP) is 3.94. The van der Waals surface area contributed by atoms with E-state index in [2.05, 4.69) is 10.0 Å². The van der Waals surface area contributed by atoms with E-state index in [1.807, 2.05) is 42.5 Å². The van der Waals surface area contributed by atoms with Crippen LogP contribution in [0.4, 0.5) is 0 Å². The van der Waals surface area contributed by atoms with E-state index >= 15 is 0 Å². The smallest absolute Gasteiger partial charge is 0.303 e. The summed E-state index contributed by atoms with van der Waals surface area (Å²) < 4.78 is 27.0. The van der Waals surface area contributed by atoms with Crippen LogP contribution in [0.5, 0.6) is 0 Å². The number of nitrogens with one attached hydrogen (secondary N) is 2. The highest BCUT2D eigenvalue weighted by molar-refractivity contribution is 7.89. The Labute approximate surface area is 220 Å². The number of halogens is 1. The summed E-state index contributed by atoms with van der Waals surface area (Å²) in [4.78, 5) is 35.7. The van der Waals surface area contributed by atoms with Gasteiger partial charge in [-0.25, -0.2) is 8.42 Å². The van der Waals surface area contributed by atoms with Gasteiger partial charge in [-0.05, 0) is 40.8 Å². The van der Waals surface area contributed by atoms with Gasteiger partial charge in [0.1, 0.15) is 0 Å². The predicted molar refractivity (Wildman–Crippen MR) is 141 cm³/mol. The molecule has 1 unspecified atom stereocenters. The number of carbonyl (C=O) groups is 3. The third-order valence-corrected chi connectivity index (χ3v) is 6.91. The highest BCUT2D eigenvalue weighted by Crippen LogP contribution is 2.23. The van der Waals surface area contributed by atoms with Gasteiger partial charge in [-0.1, -0.05) is 78.3 Å². The number of carboxylic acids is 1. The van der Waals surface area contributed by atoms with Crippen molar-refractivity contribution in [1.82, 2.24) is 10.0 Å². The molecule has 8 nitrogen and oxygen atoms in total. The van der Waals surface area contributed by atoms with Gasteiger partial charge in [0.15, 0.2) is 0 Å². The van der Waals surface area contributed by atoms with Crippen LogP contribution < -0.4 is 10.0 Å². The van der Waals surface area contributed by atoms with Gasteiger partial charge in [-0.15, -0.1) is 0 Å². The number of sulfonamides is 1. The number of carboxylic acid groups (broad SMARTS) is 1. The van der Waals surface area contributed by atoms with Crippen molar-refractivity contribution < 1.29 is 27.9 Å². The fraction of sp³-hybridized carbons (Fsp3) is 0.222. The van der Waals surface area contributed by atoms with E-state index in [4.69, 9.17) is 16.7 Å². The average Bonchev–Trinajstić information content (AvgIpc) is 2.83. The zero-order valence-corrected chi connectivity index (χ0v) is 21.5. The van der Waals surface area contributed by atoms with Crippen LogP contribution in [0.15, 0.2) is 78.9 Å². The summed E-state index contributed by atoms with van der Waals surface area (Å²) in [5.74, 6) is -2.79. The molecule has 1 atom stereocenters. The standard InChI is InChI=1S/C27H27ClN2O6S/c28-23-8-4-7-22(16-23)21-11-9-19(10-12-21)15-24(29-25(31)13-14-27(33)34)17-26(32)30-37(35,36)18-20-5-2-1-3-6-20/h1-12,16,24H,13-15,17-18H2,(H,29,31)(H,30,32)(H,33,34). The van der Waals surface area contributed by atoms with Gasteiger partial charge < -0.3 is 10.4 Å². The molecule has 0 radical (unpaired) electrons. The zero-order chi connectivity index (χ0) is 26.8. The van der Waals surface area contributed by atoms with Gasteiger partial charge in [0.25, 0.3) is 0 Å². The summed E-state index contributed by atoms with van der Waals surface area (Å²) in [5.41, 5.74) is 3.19. The molecule has 0 heterocycles. The minimum Gasteiger partial charge on any atom is -0.481 e. The van der Waals surface area contributed by atoms with Crippen LogP contribution >= 0.6 is 11.6 Å². The normalized spacial score (nSPS) is 11.9. The van der Waals surface area contributed by atoms with Gasteiger partial charge >= 0.3 is 5.97 Å². The molecule has 3 N–H and O–H groups in total. The molecule has 0 aliphatic carbocycles. The first kappa shape index (κ1) is 27.9. The Morgan fingerprint density at radius 3 is 2.16 bits per heavy atom. The van der Waals surface area contributed by atoms with Crippen molar-refractivity contribution in [3.8, 4) is 11.1 Å². The van der Waals surface area contributed by atoms with Crippen molar-refractivity contribution in [3.05, 3.63) is 95.0 Å². The van der Waals surface area contributed by atoms with Gasteiger partial charge in [0.05, 0.1) is 12.2 Å². The monoisotopic (exact) mass is 542 g/mol. The second-order valence-electron chi connectivity index (χ2n) is 8.54. The molecule has 0 aromatic heterocycles. The molecule has 3 rings (SSSR count). The molecule has 0 saturated heterocycles. The van der Waals surface area contributed by atoms with Gasteiger partial charge in [0.2, 0.25) is 21.8 Å². The molecule has 37 heavy (non-hydrogen) atoms. The minimum absolute atomic E-state index is 0.237. The number of aliphatic carboxylic acids is 1. The molecule has 3 aromatic carbocycles. The quantitative estimate of drug-likeness (QED) is 0.318. The lowest BCUT2D eigenvalue weighted by Gasteiger charge is -2.19. The fourth-order valence-electron chi connectivity index (χ4n) is 3.75. The highest BCUT2D eigenvalue weighted by Gasteiger charge is 2.21. The lowest BCUT2D eigenvalue weighted by atomic mass is 9.99. The van der Waals surface area contributed by atoms with Crippen molar-refractivity contribution in [2.75, 3.05) is 0 Å². The summed E-state index contributed by atoms with van der Waals surface area (Å²) in [5, 5.41) is 12.1. The number of rotatable bonds is 12. The molecule has 0 fully saturated rings. The molecule has 2 amide bonds. The molecule has 0 bridgehead atoms. The molecule has 0 aliphatic heterocycles. The molecule has 0 saturated carbocycles. The average molecular weight is 543 g/mol. The van der Waals surface area contributed by atoms with Gasteiger partial charge in [-0.2, -0.15) is 0 Å². The highest BCUT2D eigenvalue weighted by atomic mass is 35.5. The molecule has 10 heteroatoms. The van der Waals surface area contributed by atoms with Crippen molar-refractivity contribution in [2.24, 2.45) is 0 Å². The van der Waals surface area contributed by atoms with Gasteiger partial charge in [0, 0.05) is 23.9 Å². The summed E-state index contributed by atoms with van der Waals surface area (Å²) >= 11 is 6.07. The van der Waals surface area contributed by atoms with Crippen LogP contribution in [0.2, 0.25) is 5.02 Å². The van der Waals surface area contributed by atoms with E-state index in [9.17, 15) is 22.8 Å². The third kappa shape index (κ3) is 9.70. The number of hydrogen-bond acceptors (Lipinski definition) is 5. The first-order valence-corrected chi connectivity index (χ1v) is 13.6. The first-order chi connectivity index (χ1) is 17.6. The first-order valence-electron chi connectivity index (χ1n) is 11.5. The summed E-state index contributed by atoms with van der Waals surface area (Å²) in [6.45, 7) is 0. The van der Waals surface area contributed by atoms with Crippen LogP contribution in [0.25, 0.3) is 11.1 Å². The van der Waals surface area contributed by atoms with Crippen LogP contribution in [0, 0.1) is 0 Å². The Morgan fingerprint density at radius 1 is 0.811 bits per heavy atom. The Morgan fingerprint density at radius 2 is 1.51 bits per heavy atom. The summed E-state index contributed by atoms with van der Waals surface area (Å²) in [7, 11) is -3.94. The molecule has 0 aliphatic rings. The van der Waals surface area contributed by atoms with Crippen LogP contribution in [-0.4, -0.2) is 37.3 Å². The molecule has 194 valence electrons. The van der Waals surface area contributed by atoms with E-state index in [-0.39, 0.29) is 31.4 Å². The van der Waals surface area contributed by atoms with Crippen LogP contribution in [-0.2, 0) is 36.6 Å². The lowest BCUT2D eigenvalue weighted by molar-refractivity contribution is -0.139. The van der Waals surface area contributed by atoms with Crippen LogP contribution in [0.3, 0.4) is 0 Å². The minimum atomic E-state index is -3.94. The SMILES string of the molecule is O=C(O)CCC(=O)NC(CC(=O)NS(=O)(=O)Cc1ccccc1)Cc1ccc(-c2cccc(Cl)c2)cc1. The molecular weight excluding hydrogens is 516 g/mol.